The normalized spacial score (nSPS) is 22.9. The Morgan fingerprint density at radius 1 is 0.946 bits per heavy atom. The van der Waals surface area contributed by atoms with Gasteiger partial charge in [0.25, 0.3) is 0 Å². The molecule has 3 fully saturated rings. The molecule has 1 N–H and O–H groups in total. The minimum Gasteiger partial charge on any atom is -0.378 e. The van der Waals surface area contributed by atoms with Crippen molar-refractivity contribution in [3.05, 3.63) is 77.4 Å². The third kappa shape index (κ3) is 4.64. The highest BCUT2D eigenvalue weighted by molar-refractivity contribution is 7.80. The molecule has 3 aliphatic rings. The number of nitrogens with zero attached hydrogens (tertiary/aromatic N) is 4. The van der Waals surface area contributed by atoms with Gasteiger partial charge >= 0.3 is 0 Å². The molecule has 37 heavy (non-hydrogen) atoms. The van der Waals surface area contributed by atoms with Gasteiger partial charge in [-0.05, 0) is 86.9 Å². The average Bonchev–Trinajstić information content (AvgIpc) is 3.45. The summed E-state index contributed by atoms with van der Waals surface area (Å²) < 4.78 is 7.93. The van der Waals surface area contributed by atoms with Crippen LogP contribution < -0.4 is 10.2 Å². The number of ether oxygens (including phenoxy) is 1. The van der Waals surface area contributed by atoms with Crippen molar-refractivity contribution in [3.63, 3.8) is 0 Å². The summed E-state index contributed by atoms with van der Waals surface area (Å²) in [7, 11) is 0. The second-order valence-corrected chi connectivity index (χ2v) is 11.0. The molecule has 7 heteroatoms. The lowest BCUT2D eigenvalue weighted by Crippen LogP contribution is -2.40. The van der Waals surface area contributed by atoms with Crippen LogP contribution in [0.25, 0.3) is 5.69 Å². The van der Waals surface area contributed by atoms with Crippen LogP contribution in [0.5, 0.6) is 0 Å². The minimum absolute atomic E-state index is 0.0354. The number of pyridine rings is 1. The first-order chi connectivity index (χ1) is 18.1. The molecule has 2 aliphatic heterocycles. The van der Waals surface area contributed by atoms with E-state index in [1.807, 2.05) is 12.3 Å². The Morgan fingerprint density at radius 2 is 1.68 bits per heavy atom. The number of hydrogen-bond donors (Lipinski definition) is 1. The minimum atomic E-state index is 0.0354. The Kier molecular flexibility index (Phi) is 6.91. The number of rotatable bonds is 5. The van der Waals surface area contributed by atoms with E-state index in [1.165, 1.54) is 60.4 Å². The number of anilines is 1. The topological polar surface area (TPSA) is 45.6 Å². The van der Waals surface area contributed by atoms with Gasteiger partial charge in [-0.3, -0.25) is 4.98 Å². The van der Waals surface area contributed by atoms with Gasteiger partial charge in [0.1, 0.15) is 0 Å². The van der Waals surface area contributed by atoms with E-state index in [4.69, 9.17) is 21.9 Å². The first-order valence-electron chi connectivity index (χ1n) is 13.7. The maximum atomic E-state index is 5.99. The van der Waals surface area contributed by atoms with E-state index in [2.05, 4.69) is 76.0 Å². The van der Waals surface area contributed by atoms with Gasteiger partial charge in [0.2, 0.25) is 0 Å². The van der Waals surface area contributed by atoms with Crippen molar-refractivity contribution in [2.75, 3.05) is 31.2 Å². The van der Waals surface area contributed by atoms with Gasteiger partial charge in [0.05, 0.1) is 31.0 Å². The van der Waals surface area contributed by atoms with Gasteiger partial charge < -0.3 is 24.4 Å². The zero-order chi connectivity index (χ0) is 25.4. The number of thiocarbonyl (C=S) groups is 1. The lowest BCUT2D eigenvalue weighted by atomic mass is 9.90. The third-order valence-electron chi connectivity index (χ3n) is 8.38. The fraction of sp³-hybridized carbons (Fsp3) is 0.467. The highest BCUT2D eigenvalue weighted by Crippen LogP contribution is 2.44. The zero-order valence-electron chi connectivity index (χ0n) is 21.9. The summed E-state index contributed by atoms with van der Waals surface area (Å²) in [5.74, 6) is 0. The monoisotopic (exact) mass is 515 g/mol. The summed E-state index contributed by atoms with van der Waals surface area (Å²) in [6, 6.07) is 18.2. The molecule has 2 saturated heterocycles. The Hall–Kier alpha value is -2.90. The summed E-state index contributed by atoms with van der Waals surface area (Å²) in [5, 5.41) is 4.54. The van der Waals surface area contributed by atoms with Crippen molar-refractivity contribution < 1.29 is 4.74 Å². The van der Waals surface area contributed by atoms with Gasteiger partial charge in [0.15, 0.2) is 5.11 Å². The fourth-order valence-electron chi connectivity index (χ4n) is 6.57. The van der Waals surface area contributed by atoms with Gasteiger partial charge in [-0.15, -0.1) is 0 Å². The first-order valence-corrected chi connectivity index (χ1v) is 14.1. The quantitative estimate of drug-likeness (QED) is 0.445. The molecule has 2 atom stereocenters. The Morgan fingerprint density at radius 3 is 2.38 bits per heavy atom. The third-order valence-corrected chi connectivity index (χ3v) is 8.71. The zero-order valence-corrected chi connectivity index (χ0v) is 22.7. The molecule has 1 saturated carbocycles. The largest absolute Gasteiger partial charge is 0.378 e. The molecule has 0 spiro atoms. The first kappa shape index (κ1) is 24.4. The molecule has 0 amide bonds. The number of morpholine rings is 1. The van der Waals surface area contributed by atoms with E-state index >= 15 is 0 Å². The highest BCUT2D eigenvalue weighted by atomic mass is 32.1. The van der Waals surface area contributed by atoms with Gasteiger partial charge in [0, 0.05) is 48.1 Å². The van der Waals surface area contributed by atoms with E-state index < -0.39 is 0 Å². The smallest absolute Gasteiger partial charge is 0.170 e. The van der Waals surface area contributed by atoms with Crippen molar-refractivity contribution in [1.29, 1.82) is 0 Å². The molecule has 194 valence electrons. The number of aryl methyl sites for hydroxylation is 1. The Balaban J connectivity index is 1.37. The van der Waals surface area contributed by atoms with Gasteiger partial charge in [-0.2, -0.15) is 0 Å². The lowest BCUT2D eigenvalue weighted by molar-refractivity contribution is 0.122. The Labute approximate surface area is 225 Å². The molecule has 6 nitrogen and oxygen atoms in total. The molecule has 6 rings (SSSR count). The van der Waals surface area contributed by atoms with E-state index in [-0.39, 0.29) is 12.1 Å². The molecule has 0 bridgehead atoms. The second-order valence-electron chi connectivity index (χ2n) is 10.6. The standard InChI is InChI=1S/C30H37N5OS/c1-21-20-26(22(2)34(21)25-13-11-23(12-14-25)33-16-18-36-19-17-33)29-28(27-10-6-7-15-31-27)32-30(37)35(29)24-8-4-3-5-9-24/h6-7,10-15,20,24,28-29H,3-5,8-9,16-19H2,1-2H3,(H,32,37)/t28-,29-/m1/s1. The summed E-state index contributed by atoms with van der Waals surface area (Å²) in [6.07, 6.45) is 8.18. The van der Waals surface area contributed by atoms with Crippen molar-refractivity contribution >= 4 is 23.0 Å². The van der Waals surface area contributed by atoms with Crippen LogP contribution in [0.2, 0.25) is 0 Å². The molecule has 3 aromatic rings. The summed E-state index contributed by atoms with van der Waals surface area (Å²) in [4.78, 5) is 9.67. The molecule has 0 radical (unpaired) electrons. The highest BCUT2D eigenvalue weighted by Gasteiger charge is 2.44. The van der Waals surface area contributed by atoms with Crippen molar-refractivity contribution in [2.45, 2.75) is 64.1 Å². The van der Waals surface area contributed by atoms with Crippen LogP contribution in [0.15, 0.2) is 54.7 Å². The number of hydrogen-bond acceptors (Lipinski definition) is 4. The van der Waals surface area contributed by atoms with E-state index in [0.29, 0.717) is 6.04 Å². The number of aromatic nitrogens is 2. The van der Waals surface area contributed by atoms with Gasteiger partial charge in [-0.25, -0.2) is 0 Å². The fourth-order valence-corrected chi connectivity index (χ4v) is 6.96. The molecule has 1 aliphatic carbocycles. The molecule has 4 heterocycles. The molecule has 0 unspecified atom stereocenters. The molecular formula is C30H37N5OS. The van der Waals surface area contributed by atoms with Crippen molar-refractivity contribution in [2.24, 2.45) is 0 Å². The van der Waals surface area contributed by atoms with E-state index in [1.54, 1.807) is 0 Å². The van der Waals surface area contributed by atoms with Crippen LogP contribution >= 0.6 is 12.2 Å². The van der Waals surface area contributed by atoms with Crippen LogP contribution in [0.1, 0.15) is 66.8 Å². The molecule has 1 aromatic carbocycles. The SMILES string of the molecule is Cc1cc([C@@H]2[C@@H](c3ccccn3)NC(=S)N2C2CCCCC2)c(C)n1-c1ccc(N2CCOCC2)cc1. The van der Waals surface area contributed by atoms with E-state index in [9.17, 15) is 0 Å². The maximum Gasteiger partial charge on any atom is 0.170 e. The summed E-state index contributed by atoms with van der Waals surface area (Å²) in [5.41, 5.74) is 7.36. The van der Waals surface area contributed by atoms with Crippen LogP contribution in [0, 0.1) is 13.8 Å². The van der Waals surface area contributed by atoms with E-state index in [0.717, 1.165) is 37.1 Å². The van der Waals surface area contributed by atoms with Gasteiger partial charge in [-0.1, -0.05) is 25.3 Å². The maximum absolute atomic E-state index is 5.99. The number of benzene rings is 1. The van der Waals surface area contributed by atoms with Crippen LogP contribution in [-0.4, -0.2) is 51.9 Å². The lowest BCUT2D eigenvalue weighted by Gasteiger charge is -2.37. The summed E-state index contributed by atoms with van der Waals surface area (Å²) >= 11 is 5.99. The average molecular weight is 516 g/mol. The van der Waals surface area contributed by atoms with Crippen LogP contribution in [0.4, 0.5) is 5.69 Å². The number of nitrogens with one attached hydrogen (secondary N) is 1. The Bertz CT molecular complexity index is 1230. The predicted molar refractivity (Wildman–Crippen MR) is 152 cm³/mol. The summed E-state index contributed by atoms with van der Waals surface area (Å²) in [6.45, 7) is 7.97. The van der Waals surface area contributed by atoms with Crippen molar-refractivity contribution in [1.82, 2.24) is 19.8 Å². The molecule has 2 aromatic heterocycles. The molecular weight excluding hydrogens is 478 g/mol. The van der Waals surface area contributed by atoms with Crippen LogP contribution in [0.3, 0.4) is 0 Å². The second kappa shape index (κ2) is 10.5. The van der Waals surface area contributed by atoms with Crippen molar-refractivity contribution in [3.8, 4) is 5.69 Å². The van der Waals surface area contributed by atoms with Crippen LogP contribution in [-0.2, 0) is 4.74 Å². The predicted octanol–water partition coefficient (Wildman–Crippen LogP) is 5.63.